The highest BCUT2D eigenvalue weighted by molar-refractivity contribution is 5.90. The van der Waals surface area contributed by atoms with Crippen LogP contribution in [0.1, 0.15) is 41.0 Å². The minimum Gasteiger partial charge on any atom is -0.368 e. The molecule has 2 fully saturated rings. The quantitative estimate of drug-likeness (QED) is 0.687. The zero-order chi connectivity index (χ0) is 22.7. The summed E-state index contributed by atoms with van der Waals surface area (Å²) in [7, 11) is 0. The van der Waals surface area contributed by atoms with Gasteiger partial charge in [-0.15, -0.1) is 0 Å². The van der Waals surface area contributed by atoms with E-state index < -0.39 is 0 Å². The van der Waals surface area contributed by atoms with Crippen molar-refractivity contribution in [2.45, 2.75) is 40.2 Å². The van der Waals surface area contributed by atoms with E-state index in [1.54, 1.807) is 0 Å². The van der Waals surface area contributed by atoms with Crippen molar-refractivity contribution in [1.29, 1.82) is 0 Å². The van der Waals surface area contributed by atoms with Crippen LogP contribution in [-0.2, 0) is 6.42 Å². The number of carbonyl (C=O) groups excluding carboxylic acids is 1. The predicted molar refractivity (Wildman–Crippen MR) is 131 cm³/mol. The molecule has 7 nitrogen and oxygen atoms in total. The summed E-state index contributed by atoms with van der Waals surface area (Å²) in [6, 6.07) is 8.82. The molecule has 0 spiro atoms. The van der Waals surface area contributed by atoms with Crippen molar-refractivity contribution in [2.24, 2.45) is 0 Å². The maximum absolute atomic E-state index is 13.2. The average molecular weight is 437 g/mol. The van der Waals surface area contributed by atoms with Crippen molar-refractivity contribution in [3.8, 4) is 0 Å². The molecule has 172 valence electrons. The Bertz CT molecular complexity index is 941. The van der Waals surface area contributed by atoms with E-state index in [1.807, 2.05) is 4.90 Å². The molecule has 0 bridgehead atoms. The lowest BCUT2D eigenvalue weighted by molar-refractivity contribution is 0.208. The molecular weight excluding hydrogens is 400 g/mol. The minimum atomic E-state index is -0.0391. The lowest BCUT2D eigenvalue weighted by Crippen LogP contribution is -2.50. The number of nitrogens with zero attached hydrogens (tertiary/aromatic N) is 3. The molecule has 1 aromatic carbocycles. The number of hydrogen-bond donors (Lipinski definition) is 3. The largest absolute Gasteiger partial charge is 0.368 e. The maximum atomic E-state index is 13.2. The van der Waals surface area contributed by atoms with Crippen molar-refractivity contribution < 1.29 is 4.79 Å². The Kier molecular flexibility index (Phi) is 6.96. The smallest absolute Gasteiger partial charge is 0.322 e. The molecular formula is C25H36N6O. The van der Waals surface area contributed by atoms with E-state index in [4.69, 9.17) is 4.98 Å². The van der Waals surface area contributed by atoms with Crippen LogP contribution in [-0.4, -0.2) is 61.7 Å². The van der Waals surface area contributed by atoms with Crippen molar-refractivity contribution >= 4 is 17.4 Å². The van der Waals surface area contributed by atoms with E-state index in [1.165, 1.54) is 22.4 Å². The second-order valence-corrected chi connectivity index (χ2v) is 8.98. The molecule has 1 atom stereocenters. The van der Waals surface area contributed by atoms with E-state index in [0.717, 1.165) is 56.2 Å². The van der Waals surface area contributed by atoms with Gasteiger partial charge in [0.15, 0.2) is 0 Å². The fourth-order valence-electron chi connectivity index (χ4n) is 4.73. The van der Waals surface area contributed by atoms with Gasteiger partial charge < -0.3 is 25.8 Å². The molecule has 2 aliphatic heterocycles. The van der Waals surface area contributed by atoms with E-state index >= 15 is 0 Å². The number of carbonyl (C=O) groups is 1. The fourth-order valence-corrected chi connectivity index (χ4v) is 4.73. The van der Waals surface area contributed by atoms with Gasteiger partial charge in [-0.05, 0) is 62.1 Å². The summed E-state index contributed by atoms with van der Waals surface area (Å²) in [5, 5.41) is 10.1. The van der Waals surface area contributed by atoms with E-state index in [-0.39, 0.29) is 12.1 Å². The van der Waals surface area contributed by atoms with Crippen LogP contribution < -0.4 is 20.9 Å². The predicted octanol–water partition coefficient (Wildman–Crippen LogP) is 3.16. The second-order valence-electron chi connectivity index (χ2n) is 8.98. The number of aromatic nitrogens is 1. The molecule has 2 aliphatic rings. The van der Waals surface area contributed by atoms with Gasteiger partial charge in [0.25, 0.3) is 0 Å². The van der Waals surface area contributed by atoms with Gasteiger partial charge in [0.1, 0.15) is 0 Å². The van der Waals surface area contributed by atoms with E-state index in [9.17, 15) is 4.79 Å². The van der Waals surface area contributed by atoms with Crippen LogP contribution in [0, 0.1) is 20.8 Å². The summed E-state index contributed by atoms with van der Waals surface area (Å²) >= 11 is 0. The van der Waals surface area contributed by atoms with Gasteiger partial charge in [0.05, 0.1) is 17.4 Å². The molecule has 2 aromatic rings. The zero-order valence-electron chi connectivity index (χ0n) is 19.8. The minimum absolute atomic E-state index is 0.0391. The Morgan fingerprint density at radius 1 is 1.06 bits per heavy atom. The lowest BCUT2D eigenvalue weighted by atomic mass is 10.0. The third-order valence-electron chi connectivity index (χ3n) is 6.48. The van der Waals surface area contributed by atoms with Gasteiger partial charge in [-0.1, -0.05) is 13.0 Å². The second kappa shape index (κ2) is 9.88. The molecule has 1 unspecified atom stereocenters. The Hall–Kier alpha value is -2.64. The number of rotatable bonds is 4. The number of aryl methyl sites for hydroxylation is 4. The molecule has 4 rings (SSSR count). The number of benzene rings is 1. The molecule has 32 heavy (non-hydrogen) atoms. The molecule has 0 aliphatic carbocycles. The van der Waals surface area contributed by atoms with Gasteiger partial charge in [-0.25, -0.2) is 4.79 Å². The van der Waals surface area contributed by atoms with Crippen LogP contribution >= 0.6 is 0 Å². The Morgan fingerprint density at radius 2 is 1.78 bits per heavy atom. The molecule has 3 heterocycles. The summed E-state index contributed by atoms with van der Waals surface area (Å²) in [4.78, 5) is 22.3. The first-order chi connectivity index (χ1) is 15.4. The molecule has 7 heteroatoms. The SMILES string of the molecule is CCc1cc(NC(=O)N2CCN(c3cc(C)cc(C)c3)CC2)c(C2CNCCN2)nc1C. The third-order valence-corrected chi connectivity index (χ3v) is 6.48. The first kappa shape index (κ1) is 22.6. The topological polar surface area (TPSA) is 72.5 Å². The highest BCUT2D eigenvalue weighted by Gasteiger charge is 2.25. The molecule has 1 aromatic heterocycles. The number of hydrogen-bond acceptors (Lipinski definition) is 5. The van der Waals surface area contributed by atoms with Gasteiger partial charge in [0.2, 0.25) is 0 Å². The van der Waals surface area contributed by atoms with Crippen molar-refractivity contribution in [3.05, 3.63) is 52.3 Å². The van der Waals surface area contributed by atoms with Crippen molar-refractivity contribution in [2.75, 3.05) is 56.0 Å². The summed E-state index contributed by atoms with van der Waals surface area (Å²) in [6.07, 6.45) is 0.896. The number of nitrogens with one attached hydrogen (secondary N) is 3. The standard InChI is InChI=1S/C25H36N6O/c1-5-20-15-22(24(28-19(20)4)23-16-26-6-7-27-23)29-25(32)31-10-8-30(9-11-31)21-13-17(2)12-18(3)14-21/h12-15,23,26-27H,5-11,16H2,1-4H3,(H,29,32). The molecule has 0 saturated carbocycles. The number of urea groups is 1. The van der Waals surface area contributed by atoms with Gasteiger partial charge in [-0.3, -0.25) is 4.98 Å². The summed E-state index contributed by atoms with van der Waals surface area (Å²) in [5.74, 6) is 0. The van der Waals surface area contributed by atoms with Crippen LogP contribution in [0.3, 0.4) is 0 Å². The molecule has 2 amide bonds. The van der Waals surface area contributed by atoms with Crippen molar-refractivity contribution in [3.63, 3.8) is 0 Å². The Balaban J connectivity index is 1.45. The number of amides is 2. The van der Waals surface area contributed by atoms with Gasteiger partial charge >= 0.3 is 6.03 Å². The first-order valence-electron chi connectivity index (χ1n) is 11.8. The van der Waals surface area contributed by atoms with Crippen LogP contribution in [0.4, 0.5) is 16.2 Å². The molecule has 2 saturated heterocycles. The van der Waals surface area contributed by atoms with Gasteiger partial charge in [0, 0.05) is 57.2 Å². The molecule has 0 radical (unpaired) electrons. The van der Waals surface area contributed by atoms with Crippen LogP contribution in [0.15, 0.2) is 24.3 Å². The lowest BCUT2D eigenvalue weighted by Gasteiger charge is -2.36. The highest BCUT2D eigenvalue weighted by Crippen LogP contribution is 2.26. The number of pyridine rings is 1. The third kappa shape index (κ3) is 5.05. The Morgan fingerprint density at radius 3 is 2.41 bits per heavy atom. The average Bonchev–Trinajstić information content (AvgIpc) is 2.80. The normalized spacial score (nSPS) is 19.2. The number of piperazine rings is 2. The summed E-state index contributed by atoms with van der Waals surface area (Å²) in [6.45, 7) is 14.2. The van der Waals surface area contributed by atoms with Crippen molar-refractivity contribution in [1.82, 2.24) is 20.5 Å². The highest BCUT2D eigenvalue weighted by atomic mass is 16.2. The first-order valence-corrected chi connectivity index (χ1v) is 11.8. The summed E-state index contributed by atoms with van der Waals surface area (Å²) < 4.78 is 0. The maximum Gasteiger partial charge on any atom is 0.322 e. The van der Waals surface area contributed by atoms with Crippen LogP contribution in [0.5, 0.6) is 0 Å². The summed E-state index contributed by atoms with van der Waals surface area (Å²) in [5.41, 5.74) is 7.76. The van der Waals surface area contributed by atoms with E-state index in [0.29, 0.717) is 13.1 Å². The van der Waals surface area contributed by atoms with E-state index in [2.05, 4.69) is 72.8 Å². The van der Waals surface area contributed by atoms with Crippen LogP contribution in [0.2, 0.25) is 0 Å². The Labute approximate surface area is 191 Å². The zero-order valence-corrected chi connectivity index (χ0v) is 19.8. The monoisotopic (exact) mass is 436 g/mol. The fraction of sp³-hybridized carbons (Fsp3) is 0.520. The molecule has 3 N–H and O–H groups in total. The number of anilines is 2. The van der Waals surface area contributed by atoms with Gasteiger partial charge in [-0.2, -0.15) is 0 Å². The van der Waals surface area contributed by atoms with Crippen LogP contribution in [0.25, 0.3) is 0 Å².